The number of ketones is 6. The van der Waals surface area contributed by atoms with Crippen LogP contribution in [0, 0.1) is 11.3 Å². The quantitative estimate of drug-likeness (QED) is 0.0180. The van der Waals surface area contributed by atoms with Gasteiger partial charge in [0.2, 0.25) is 0 Å². The predicted octanol–water partition coefficient (Wildman–Crippen LogP) is 31.5. The monoisotopic (exact) mass is 1750 g/mol. The number of ether oxygens (including phenoxy) is 2. The summed E-state index contributed by atoms with van der Waals surface area (Å²) in [5.41, 5.74) is 21.1. The van der Waals surface area contributed by atoms with Crippen LogP contribution in [0.15, 0.2) is 102 Å². The molecule has 121 heavy (non-hydrogen) atoms. The molecule has 8 N–H and O–H groups in total. The van der Waals surface area contributed by atoms with Crippen LogP contribution in [-0.2, 0) is 62.9 Å². The van der Waals surface area contributed by atoms with Gasteiger partial charge in [-0.25, -0.2) is 8.42 Å². The van der Waals surface area contributed by atoms with Crippen molar-refractivity contribution in [2.75, 3.05) is 31.7 Å². The SMILES string of the molecule is C.C.C.C.C.C.C.CC.CC(C)C.CC(C)O.CC(C)OCc1ccccc1.CCC.CCC.CCC(C)=O.CCC(C)=O.CCC1=CCC=N1.CCCC(C)=O.CCCC(C)=O.CCCCC.CCCCC(C)=O.CCCCCC(=N)N.CCCCCN.CCCN.CCCS(C)(=O)=O.CCOCc1ccccc1.CCc1ccc(C(C)=O)cc1. The molecule has 3 aromatic rings. The number of amidine groups is 1. The summed E-state index contributed by atoms with van der Waals surface area (Å²) >= 11 is 0. The van der Waals surface area contributed by atoms with Gasteiger partial charge in [0.05, 0.1) is 25.2 Å². The Morgan fingerprint density at radius 1 is 0.446 bits per heavy atom. The molecule has 0 aliphatic carbocycles. The summed E-state index contributed by atoms with van der Waals surface area (Å²) in [6.45, 7) is 68.7. The molecule has 16 nitrogen and oxygen atoms in total. The lowest BCUT2D eigenvalue weighted by molar-refractivity contribution is -0.117. The number of Topliss-reactive ketones (excluding diaryl/α,β-unsaturated/α-hetero) is 6. The Hall–Kier alpha value is -5.69. The number of rotatable bonds is 30. The number of carbonyl (C=O) groups is 6. The molecule has 1 heterocycles. The van der Waals surface area contributed by atoms with Crippen LogP contribution >= 0.6 is 0 Å². The summed E-state index contributed by atoms with van der Waals surface area (Å²) in [4.78, 5) is 64.9. The van der Waals surface area contributed by atoms with Crippen molar-refractivity contribution in [3.05, 3.63) is 119 Å². The molecule has 3 aromatic carbocycles. The number of unbranched alkanes of at least 4 members (excludes halogenated alkanes) is 7. The Balaban J connectivity index is -0.0000000432. The van der Waals surface area contributed by atoms with E-state index < -0.39 is 9.84 Å². The van der Waals surface area contributed by atoms with Crippen molar-refractivity contribution in [2.45, 2.75) is 473 Å². The molecule has 0 aromatic heterocycles. The average molecular weight is 1750 g/mol. The summed E-state index contributed by atoms with van der Waals surface area (Å²) in [6.07, 6.45) is 32.7. The number of aliphatic hydroxyl groups excluding tert-OH is 1. The van der Waals surface area contributed by atoms with Crippen molar-refractivity contribution in [1.82, 2.24) is 0 Å². The molecule has 17 heteroatoms. The van der Waals surface area contributed by atoms with E-state index in [1.54, 1.807) is 55.4 Å². The lowest BCUT2D eigenvalue weighted by Crippen LogP contribution is -2.08. The zero-order valence-corrected chi connectivity index (χ0v) is 82.0. The number of nitrogens with two attached hydrogens (primary N) is 3. The Morgan fingerprint density at radius 3 is 0.942 bits per heavy atom. The van der Waals surface area contributed by atoms with Crippen LogP contribution < -0.4 is 17.2 Å². The molecule has 0 unspecified atom stereocenters. The topological polar surface area (TPSA) is 290 Å². The maximum Gasteiger partial charge on any atom is 0.159 e. The fourth-order valence-corrected chi connectivity index (χ4v) is 6.81. The molecule has 1 aliphatic rings. The van der Waals surface area contributed by atoms with E-state index in [0.29, 0.717) is 36.3 Å². The van der Waals surface area contributed by atoms with Crippen molar-refractivity contribution in [3.63, 3.8) is 0 Å². The number of nitrogens with zero attached hydrogens (tertiary/aromatic N) is 1. The number of allylic oxidation sites excluding steroid dienone is 2. The van der Waals surface area contributed by atoms with E-state index in [1.807, 2.05) is 136 Å². The van der Waals surface area contributed by atoms with E-state index in [2.05, 4.69) is 139 Å². The zero-order chi connectivity index (χ0) is 92.2. The Morgan fingerprint density at radius 2 is 0.777 bits per heavy atom. The molecule has 4 rings (SSSR count). The van der Waals surface area contributed by atoms with E-state index in [-0.39, 0.29) is 87.0 Å². The average Bonchev–Trinajstić information content (AvgIpc) is 1.86. The first-order valence-corrected chi connectivity index (χ1v) is 45.8. The van der Waals surface area contributed by atoms with Crippen LogP contribution in [0.25, 0.3) is 0 Å². The number of aliphatic imine (C=N–C) groups is 1. The van der Waals surface area contributed by atoms with Gasteiger partial charge in [-0.1, -0.05) is 360 Å². The van der Waals surface area contributed by atoms with Gasteiger partial charge in [-0.15, -0.1) is 0 Å². The number of hydrogen-bond acceptors (Lipinski definition) is 15. The molecular formula is C104H221N5O11S. The van der Waals surface area contributed by atoms with E-state index in [0.717, 1.165) is 134 Å². The highest BCUT2D eigenvalue weighted by Gasteiger charge is 1.98. The molecule has 0 spiro atoms. The molecule has 0 saturated carbocycles. The van der Waals surface area contributed by atoms with E-state index in [9.17, 15) is 37.2 Å². The third-order valence-corrected chi connectivity index (χ3v) is 13.2. The molecular weight excluding hydrogens is 1530 g/mol. The minimum absolute atomic E-state index is 0. The molecule has 734 valence electrons. The summed E-state index contributed by atoms with van der Waals surface area (Å²) in [5.74, 6) is 2.99. The number of hydrogen-bond donors (Lipinski definition) is 5. The predicted molar refractivity (Wildman–Crippen MR) is 556 cm³/mol. The van der Waals surface area contributed by atoms with Crippen molar-refractivity contribution < 1.29 is 51.8 Å². The number of benzene rings is 3. The second-order valence-corrected chi connectivity index (χ2v) is 29.7. The van der Waals surface area contributed by atoms with Gasteiger partial charge in [0, 0.05) is 87.1 Å². The number of aliphatic hydroxyl groups is 1. The highest BCUT2D eigenvalue weighted by molar-refractivity contribution is 7.90. The first kappa shape index (κ1) is 173. The fraction of sp³-hybridized carbons (Fsp3) is 0.731. The van der Waals surface area contributed by atoms with Gasteiger partial charge >= 0.3 is 0 Å². The normalized spacial score (nSPS) is 8.88. The molecule has 0 radical (unpaired) electrons. The number of nitrogens with one attached hydrogen (secondary N) is 1. The lowest BCUT2D eigenvalue weighted by Gasteiger charge is -2.06. The number of aryl methyl sites for hydroxylation is 1. The minimum atomic E-state index is -2.67. The second-order valence-electron chi connectivity index (χ2n) is 27.5. The second kappa shape index (κ2) is 158. The number of carbonyl (C=O) groups excluding carboxylic acids is 6. The largest absolute Gasteiger partial charge is 0.394 e. The Kier molecular flexibility index (Phi) is 226. The molecule has 0 saturated heterocycles. The van der Waals surface area contributed by atoms with Crippen molar-refractivity contribution in [1.29, 1.82) is 5.41 Å². The first-order valence-electron chi connectivity index (χ1n) is 43.8. The first-order chi connectivity index (χ1) is 53.6. The van der Waals surface area contributed by atoms with E-state index in [4.69, 9.17) is 37.2 Å². The van der Waals surface area contributed by atoms with Crippen molar-refractivity contribution in [2.24, 2.45) is 28.1 Å². The summed E-state index contributed by atoms with van der Waals surface area (Å²) in [5, 5.41) is 14.9. The van der Waals surface area contributed by atoms with E-state index in [1.165, 1.54) is 92.9 Å². The Labute approximate surface area is 761 Å². The molecule has 0 atom stereocenters. The number of sulfone groups is 1. The summed E-state index contributed by atoms with van der Waals surface area (Å²) in [7, 11) is -2.67. The van der Waals surface area contributed by atoms with Gasteiger partial charge < -0.3 is 55.8 Å². The smallest absolute Gasteiger partial charge is 0.159 e. The highest BCUT2D eigenvalue weighted by Crippen LogP contribution is 2.08. The van der Waals surface area contributed by atoms with Gasteiger partial charge in [0.15, 0.2) is 5.78 Å². The van der Waals surface area contributed by atoms with Gasteiger partial charge in [-0.05, 0) is 170 Å². The van der Waals surface area contributed by atoms with E-state index >= 15 is 0 Å². The molecule has 0 bridgehead atoms. The summed E-state index contributed by atoms with van der Waals surface area (Å²) < 4.78 is 31.1. The minimum Gasteiger partial charge on any atom is -0.394 e. The maximum absolute atomic E-state index is 10.8. The maximum atomic E-state index is 10.8. The van der Waals surface area contributed by atoms with Crippen LogP contribution in [-0.4, -0.2) is 104 Å². The third kappa shape index (κ3) is 268. The molecule has 1 aliphatic heterocycles. The van der Waals surface area contributed by atoms with Crippen molar-refractivity contribution in [3.8, 4) is 0 Å². The van der Waals surface area contributed by atoms with Gasteiger partial charge in [-0.2, -0.15) is 0 Å². The zero-order valence-electron chi connectivity index (χ0n) is 81.2. The van der Waals surface area contributed by atoms with Crippen LogP contribution in [0.4, 0.5) is 0 Å². The Bertz CT molecular complexity index is 2440. The van der Waals surface area contributed by atoms with Gasteiger partial charge in [-0.3, -0.25) is 15.2 Å². The molecule has 0 amide bonds. The van der Waals surface area contributed by atoms with Gasteiger partial charge in [0.25, 0.3) is 0 Å². The van der Waals surface area contributed by atoms with Gasteiger partial charge in [0.1, 0.15) is 38.8 Å². The van der Waals surface area contributed by atoms with Crippen molar-refractivity contribution >= 4 is 56.6 Å². The fourth-order valence-electron chi connectivity index (χ4n) is 6.07. The van der Waals surface area contributed by atoms with Crippen LogP contribution in [0.1, 0.15) is 468 Å². The third-order valence-electron chi connectivity index (χ3n) is 12.1. The standard InChI is InChI=1S/C10H14O.C10H12O.C9H12O.C6H14N2.C6H9N.C6H12O.C5H13N.2C5H10O.C5H12.C4H10O2S.2C4H8O.C4H10.C3H9N.C3H8O.2C3H8.C2H6.7CH4/c1-9(2)11-8-10-6-4-3-5-7-10;1-3-9-4-6-10(7-5-9)8(2)11;1-2-10-8-9-6-4-3-5-7-9;1-2-3-4-5-6(7)8;1-2-6-4-3-5-7-6;1-3-4-5-6(2)7;1-2-3-4-5-6;2*1-3-4-5(2)6;1-3-5-4-2;1-3-4-7(2,5)6;2*1-3-4(2)5;1-4(2)3;1-2-3-4;1-3(2)4;2*1-3-2;1-2;;;;;;;/h3-7,9H,8H2,1-2H3;4-7H,3H2,1-2H3;3-7H,2,8H2,1H3;2-5H2,1H3,(H3,7,8);4-5H,2-3H2,1H3;3-5H2,1-2H3;2-6H2,1H3;2*3-4H2,1-2H3;3-5H2,1-2H3;3-4H2,1-2H3;2*3H2,1-2H3;4H,1-3H3;2-4H2,1H3;3-4H,1-2H3;2*3H2,1-2H3;1-2H3;7*1H4. The van der Waals surface area contributed by atoms with Crippen LogP contribution in [0.2, 0.25) is 0 Å². The summed E-state index contributed by atoms with van der Waals surface area (Å²) in [6, 6.07) is 28.1. The van der Waals surface area contributed by atoms with Crippen LogP contribution in [0.3, 0.4) is 0 Å². The van der Waals surface area contributed by atoms with Crippen LogP contribution in [0.5, 0.6) is 0 Å². The highest BCUT2D eigenvalue weighted by atomic mass is 32.2. The molecule has 0 fully saturated rings. The lowest BCUT2D eigenvalue weighted by atomic mass is 10.1.